The van der Waals surface area contributed by atoms with Gasteiger partial charge in [0.25, 0.3) is 0 Å². The average molecular weight is 201 g/mol. The number of carbonyl (C=O) groups excluding carboxylic acids is 1. The second-order valence-corrected chi connectivity index (χ2v) is 9.11. The summed E-state index contributed by atoms with van der Waals surface area (Å²) in [5.74, 6) is 0. The molecule has 1 aliphatic rings. The molecule has 76 valence electrons. The zero-order valence-corrected chi connectivity index (χ0v) is 9.72. The molecule has 1 fully saturated rings. The highest BCUT2D eigenvalue weighted by molar-refractivity contribution is 6.69. The third-order valence-electron chi connectivity index (χ3n) is 2.23. The van der Waals surface area contributed by atoms with Gasteiger partial charge in [-0.05, 0) is 45.3 Å². The van der Waals surface area contributed by atoms with Crippen LogP contribution in [0.2, 0.25) is 19.6 Å². The average Bonchev–Trinajstić information content (AvgIpc) is 2.33. The molecule has 0 aromatic carbocycles. The van der Waals surface area contributed by atoms with E-state index in [4.69, 9.17) is 4.43 Å². The highest BCUT2D eigenvalue weighted by atomic mass is 28.4. The molecule has 4 heteroatoms. The Labute approximate surface area is 81.0 Å². The Morgan fingerprint density at radius 3 is 2.23 bits per heavy atom. The van der Waals surface area contributed by atoms with Crippen molar-refractivity contribution >= 4 is 14.7 Å². The number of carbonyl (C=O) groups is 1. The summed E-state index contributed by atoms with van der Waals surface area (Å²) in [5.41, 5.74) is -0.327. The van der Waals surface area contributed by atoms with Gasteiger partial charge in [0.05, 0.1) is 0 Å². The molecule has 0 heterocycles. The summed E-state index contributed by atoms with van der Waals surface area (Å²) in [7, 11) is -1.55. The molecular weight excluding hydrogens is 182 g/mol. The predicted octanol–water partition coefficient (Wildman–Crippen LogP) is 1.85. The summed E-state index contributed by atoms with van der Waals surface area (Å²) in [6, 6.07) is 0. The fourth-order valence-electron chi connectivity index (χ4n) is 1.92. The quantitative estimate of drug-likeness (QED) is 0.428. The van der Waals surface area contributed by atoms with Crippen LogP contribution in [0.4, 0.5) is 0 Å². The molecule has 1 rings (SSSR count). The monoisotopic (exact) mass is 201 g/mol. The Balaban J connectivity index is 2.61. The van der Waals surface area contributed by atoms with Crippen LogP contribution in [0.1, 0.15) is 25.7 Å². The summed E-state index contributed by atoms with van der Waals surface area (Å²) in [5, 5.41) is 2.85. The maximum Gasteiger partial charge on any atom is 0.209 e. The summed E-state index contributed by atoms with van der Waals surface area (Å²) in [4.78, 5) is 10.5. The third-order valence-corrected chi connectivity index (χ3v) is 3.24. The SMILES string of the molecule is C[Si](C)(C)OC1(NC=O)CCCC1. The van der Waals surface area contributed by atoms with Gasteiger partial charge >= 0.3 is 0 Å². The molecule has 0 unspecified atom stereocenters. The predicted molar refractivity (Wildman–Crippen MR) is 54.8 cm³/mol. The lowest BCUT2D eigenvalue weighted by atomic mass is 10.2. The molecule has 1 saturated carbocycles. The van der Waals surface area contributed by atoms with Gasteiger partial charge in [-0.15, -0.1) is 0 Å². The molecule has 0 saturated heterocycles. The van der Waals surface area contributed by atoms with E-state index in [0.717, 1.165) is 32.1 Å². The highest BCUT2D eigenvalue weighted by Gasteiger charge is 2.38. The van der Waals surface area contributed by atoms with Crippen LogP contribution >= 0.6 is 0 Å². The molecule has 1 N–H and O–H groups in total. The molecule has 0 atom stereocenters. The summed E-state index contributed by atoms with van der Waals surface area (Å²) >= 11 is 0. The molecular formula is C9H19NO2Si. The summed E-state index contributed by atoms with van der Waals surface area (Å²) in [6.07, 6.45) is 5.02. The Hall–Kier alpha value is -0.353. The Morgan fingerprint density at radius 1 is 1.31 bits per heavy atom. The van der Waals surface area contributed by atoms with E-state index in [1.165, 1.54) is 0 Å². The molecule has 1 amide bonds. The first-order chi connectivity index (χ1) is 5.97. The molecule has 0 aromatic heterocycles. The van der Waals surface area contributed by atoms with E-state index in [0.29, 0.717) is 0 Å². The third kappa shape index (κ3) is 3.12. The molecule has 13 heavy (non-hydrogen) atoms. The number of amides is 1. The largest absolute Gasteiger partial charge is 0.396 e. The molecule has 0 bridgehead atoms. The first-order valence-corrected chi connectivity index (χ1v) is 8.30. The van der Waals surface area contributed by atoms with E-state index in [1.807, 2.05) is 0 Å². The topological polar surface area (TPSA) is 38.3 Å². The minimum absolute atomic E-state index is 0.327. The standard InChI is InChI=1S/C9H19NO2Si/c1-13(2,3)12-9(10-8-11)6-4-5-7-9/h8H,4-7H2,1-3H3,(H,10,11). The van der Waals surface area contributed by atoms with Gasteiger partial charge in [-0.3, -0.25) is 4.79 Å². The molecule has 1 aliphatic carbocycles. The fourth-order valence-corrected chi connectivity index (χ4v) is 3.35. The van der Waals surface area contributed by atoms with Crippen molar-refractivity contribution in [1.82, 2.24) is 5.32 Å². The normalized spacial score (nSPS) is 21.5. The van der Waals surface area contributed by atoms with Gasteiger partial charge in [-0.25, -0.2) is 0 Å². The lowest BCUT2D eigenvalue weighted by Crippen LogP contribution is -2.50. The van der Waals surface area contributed by atoms with Crippen LogP contribution in [-0.2, 0) is 9.22 Å². The molecule has 0 aliphatic heterocycles. The fraction of sp³-hybridized carbons (Fsp3) is 0.889. The highest BCUT2D eigenvalue weighted by Crippen LogP contribution is 2.32. The zero-order chi connectivity index (χ0) is 9.95. The van der Waals surface area contributed by atoms with E-state index in [9.17, 15) is 4.79 Å². The Kier molecular flexibility index (Phi) is 3.13. The molecule has 0 aromatic rings. The van der Waals surface area contributed by atoms with E-state index in [-0.39, 0.29) is 5.72 Å². The summed E-state index contributed by atoms with van der Waals surface area (Å²) < 4.78 is 6.02. The van der Waals surface area contributed by atoms with Gasteiger partial charge in [0.2, 0.25) is 6.41 Å². The van der Waals surface area contributed by atoms with Gasteiger partial charge in [0.15, 0.2) is 8.32 Å². The lowest BCUT2D eigenvalue weighted by Gasteiger charge is -2.35. The van der Waals surface area contributed by atoms with Crippen LogP contribution in [0.5, 0.6) is 0 Å². The van der Waals surface area contributed by atoms with Gasteiger partial charge in [-0.1, -0.05) is 0 Å². The van der Waals surface area contributed by atoms with Crippen molar-refractivity contribution in [3.05, 3.63) is 0 Å². The maximum atomic E-state index is 10.5. The van der Waals surface area contributed by atoms with Gasteiger partial charge in [0, 0.05) is 0 Å². The first kappa shape index (κ1) is 10.7. The van der Waals surface area contributed by atoms with Crippen molar-refractivity contribution in [1.29, 1.82) is 0 Å². The van der Waals surface area contributed by atoms with Gasteiger partial charge in [-0.2, -0.15) is 0 Å². The number of hydrogen-bond donors (Lipinski definition) is 1. The minimum Gasteiger partial charge on any atom is -0.396 e. The van der Waals surface area contributed by atoms with Crippen molar-refractivity contribution in [3.8, 4) is 0 Å². The number of rotatable bonds is 4. The molecule has 3 nitrogen and oxygen atoms in total. The second kappa shape index (κ2) is 3.80. The zero-order valence-electron chi connectivity index (χ0n) is 8.72. The van der Waals surface area contributed by atoms with Gasteiger partial charge in [0.1, 0.15) is 5.72 Å². The number of hydrogen-bond acceptors (Lipinski definition) is 2. The van der Waals surface area contributed by atoms with Crippen LogP contribution in [0, 0.1) is 0 Å². The van der Waals surface area contributed by atoms with E-state index < -0.39 is 8.32 Å². The van der Waals surface area contributed by atoms with Gasteiger partial charge < -0.3 is 9.74 Å². The van der Waals surface area contributed by atoms with Crippen molar-refractivity contribution in [2.24, 2.45) is 0 Å². The van der Waals surface area contributed by atoms with Crippen LogP contribution < -0.4 is 5.32 Å². The first-order valence-electron chi connectivity index (χ1n) is 4.89. The smallest absolute Gasteiger partial charge is 0.209 e. The van der Waals surface area contributed by atoms with Crippen molar-refractivity contribution < 1.29 is 9.22 Å². The van der Waals surface area contributed by atoms with E-state index in [2.05, 4.69) is 25.0 Å². The van der Waals surface area contributed by atoms with Crippen LogP contribution in [0.25, 0.3) is 0 Å². The second-order valence-electron chi connectivity index (χ2n) is 4.68. The van der Waals surface area contributed by atoms with Crippen LogP contribution in [0.3, 0.4) is 0 Å². The maximum absolute atomic E-state index is 10.5. The lowest BCUT2D eigenvalue weighted by molar-refractivity contribution is -0.115. The van der Waals surface area contributed by atoms with E-state index in [1.54, 1.807) is 0 Å². The van der Waals surface area contributed by atoms with Crippen LogP contribution in [0.15, 0.2) is 0 Å². The Bertz CT molecular complexity index is 183. The summed E-state index contributed by atoms with van der Waals surface area (Å²) in [6.45, 7) is 6.46. The van der Waals surface area contributed by atoms with Crippen molar-refractivity contribution in [3.63, 3.8) is 0 Å². The van der Waals surface area contributed by atoms with Crippen molar-refractivity contribution in [2.75, 3.05) is 0 Å². The Morgan fingerprint density at radius 2 is 1.85 bits per heavy atom. The van der Waals surface area contributed by atoms with Crippen molar-refractivity contribution in [2.45, 2.75) is 51.0 Å². The van der Waals surface area contributed by atoms with Crippen LogP contribution in [-0.4, -0.2) is 20.5 Å². The number of nitrogens with one attached hydrogen (secondary N) is 1. The molecule has 0 spiro atoms. The molecule has 0 radical (unpaired) electrons. The van der Waals surface area contributed by atoms with E-state index >= 15 is 0 Å². The minimum atomic E-state index is -1.55.